The maximum Gasteiger partial charge on any atom is 0.253 e. The normalized spacial score (nSPS) is 27.6. The Morgan fingerprint density at radius 3 is 2.93 bits per heavy atom. The first-order valence-corrected chi connectivity index (χ1v) is 11.9. The number of carbonyl (C=O) groups excluding carboxylic acids is 1. The zero-order valence-electron chi connectivity index (χ0n) is 16.8. The highest BCUT2D eigenvalue weighted by Gasteiger charge is 2.43. The van der Waals surface area contributed by atoms with Gasteiger partial charge in [-0.25, -0.2) is 9.97 Å². The van der Waals surface area contributed by atoms with Gasteiger partial charge in [0.05, 0.1) is 5.69 Å². The number of hydrogen-bond donors (Lipinski definition) is 1. The lowest BCUT2D eigenvalue weighted by Gasteiger charge is -2.31. The van der Waals surface area contributed by atoms with Crippen LogP contribution in [0.1, 0.15) is 52.1 Å². The van der Waals surface area contributed by atoms with Gasteiger partial charge in [0.2, 0.25) is 0 Å². The van der Waals surface area contributed by atoms with Gasteiger partial charge in [0.15, 0.2) is 0 Å². The number of halogens is 1. The van der Waals surface area contributed by atoms with Crippen LogP contribution in [-0.2, 0) is 0 Å². The highest BCUT2D eigenvalue weighted by molar-refractivity contribution is 7.16. The Labute approximate surface area is 184 Å². The summed E-state index contributed by atoms with van der Waals surface area (Å²) in [5.41, 5.74) is 2.95. The van der Waals surface area contributed by atoms with Crippen molar-refractivity contribution in [3.63, 3.8) is 0 Å². The van der Waals surface area contributed by atoms with E-state index in [0.29, 0.717) is 34.4 Å². The summed E-state index contributed by atoms with van der Waals surface area (Å²) in [7, 11) is 0. The molecule has 0 spiro atoms. The van der Waals surface area contributed by atoms with Crippen molar-refractivity contribution in [1.82, 2.24) is 20.2 Å². The second-order valence-electron chi connectivity index (χ2n) is 8.90. The number of carbonyl (C=O) groups is 1. The van der Waals surface area contributed by atoms with Crippen molar-refractivity contribution in [2.45, 2.75) is 37.6 Å². The molecule has 3 aromatic rings. The lowest BCUT2D eigenvalue weighted by molar-refractivity contribution is 0.0691. The van der Waals surface area contributed by atoms with E-state index < -0.39 is 0 Å². The summed E-state index contributed by atoms with van der Waals surface area (Å²) in [6, 6.07) is 8.43. The third-order valence-electron chi connectivity index (χ3n) is 6.77. The molecule has 2 aromatic heterocycles. The lowest BCUT2D eigenvalue weighted by Crippen LogP contribution is -2.44. The number of benzene rings is 1. The van der Waals surface area contributed by atoms with E-state index in [4.69, 9.17) is 16.6 Å². The molecule has 4 heterocycles. The van der Waals surface area contributed by atoms with E-state index in [0.717, 1.165) is 53.4 Å². The predicted octanol–water partition coefficient (Wildman–Crippen LogP) is 4.36. The Kier molecular flexibility index (Phi) is 4.37. The monoisotopic (exact) mass is 438 g/mol. The van der Waals surface area contributed by atoms with Crippen LogP contribution in [0.2, 0.25) is 5.02 Å². The maximum atomic E-state index is 13.0. The largest absolute Gasteiger partial charge is 0.337 e. The van der Waals surface area contributed by atoms with Crippen LogP contribution < -0.4 is 5.32 Å². The molecule has 1 aliphatic carbocycles. The first-order valence-electron chi connectivity index (χ1n) is 10.6. The second kappa shape index (κ2) is 7.01. The Bertz CT molecular complexity index is 1150. The molecule has 1 N–H and O–H groups in total. The third-order valence-corrected chi connectivity index (χ3v) is 7.91. The summed E-state index contributed by atoms with van der Waals surface area (Å²) in [5.74, 6) is 2.23. The molecule has 3 aliphatic rings. The van der Waals surface area contributed by atoms with E-state index in [-0.39, 0.29) is 5.91 Å². The fraction of sp³-hybridized carbons (Fsp3) is 0.435. The number of likely N-dealkylation sites (tertiary alicyclic amines) is 1. The number of thiophene rings is 1. The fourth-order valence-corrected chi connectivity index (χ4v) is 6.39. The molecule has 5 nitrogen and oxygen atoms in total. The smallest absolute Gasteiger partial charge is 0.253 e. The number of fused-ring (bicyclic) bond motifs is 3. The number of aromatic nitrogens is 2. The SMILES string of the molecule is Cc1nc([C@@H]2C[C@H]2c2ccc(C(=O)N3C[C@@H]4CN[C@@H](C4)C3)cc2Cl)c2ccsc2n1. The molecule has 0 radical (unpaired) electrons. The lowest BCUT2D eigenvalue weighted by atomic mass is 9.98. The molecule has 2 aliphatic heterocycles. The summed E-state index contributed by atoms with van der Waals surface area (Å²) in [6.07, 6.45) is 2.22. The summed E-state index contributed by atoms with van der Waals surface area (Å²) in [5, 5.41) is 7.44. The molecule has 0 unspecified atom stereocenters. The predicted molar refractivity (Wildman–Crippen MR) is 120 cm³/mol. The molecule has 3 fully saturated rings. The summed E-state index contributed by atoms with van der Waals surface area (Å²) in [4.78, 5) is 25.4. The van der Waals surface area contributed by atoms with Gasteiger partial charge in [-0.15, -0.1) is 11.3 Å². The van der Waals surface area contributed by atoms with E-state index in [2.05, 4.69) is 27.8 Å². The molecule has 6 rings (SSSR count). The Morgan fingerprint density at radius 2 is 2.10 bits per heavy atom. The van der Waals surface area contributed by atoms with Crippen molar-refractivity contribution in [1.29, 1.82) is 0 Å². The third kappa shape index (κ3) is 3.13. The van der Waals surface area contributed by atoms with Gasteiger partial charge in [-0.3, -0.25) is 4.79 Å². The van der Waals surface area contributed by atoms with E-state index >= 15 is 0 Å². The zero-order valence-corrected chi connectivity index (χ0v) is 18.3. The molecule has 30 heavy (non-hydrogen) atoms. The van der Waals surface area contributed by atoms with Crippen molar-refractivity contribution in [2.24, 2.45) is 5.92 Å². The minimum absolute atomic E-state index is 0.0978. The molecule has 7 heteroatoms. The first kappa shape index (κ1) is 18.7. The highest BCUT2D eigenvalue weighted by Crippen LogP contribution is 2.57. The van der Waals surface area contributed by atoms with Crippen LogP contribution in [0.4, 0.5) is 0 Å². The quantitative estimate of drug-likeness (QED) is 0.660. The summed E-state index contributed by atoms with van der Waals surface area (Å²) < 4.78 is 0. The number of piperidine rings is 1. The average Bonchev–Trinajstić information content (AvgIpc) is 3.25. The molecule has 4 atom stereocenters. The molecule has 2 saturated heterocycles. The highest BCUT2D eigenvalue weighted by atomic mass is 35.5. The number of hydrogen-bond acceptors (Lipinski definition) is 5. The van der Waals surface area contributed by atoms with Crippen LogP contribution in [0.15, 0.2) is 29.6 Å². The topological polar surface area (TPSA) is 58.1 Å². The number of aryl methyl sites for hydroxylation is 1. The fourth-order valence-electron chi connectivity index (χ4n) is 5.25. The van der Waals surface area contributed by atoms with E-state index in [1.807, 2.05) is 24.0 Å². The Morgan fingerprint density at radius 1 is 1.20 bits per heavy atom. The van der Waals surface area contributed by atoms with Gasteiger partial charge in [-0.05, 0) is 60.7 Å². The minimum Gasteiger partial charge on any atom is -0.337 e. The number of rotatable bonds is 3. The molecular weight excluding hydrogens is 416 g/mol. The van der Waals surface area contributed by atoms with Crippen molar-refractivity contribution in [3.05, 3.63) is 57.3 Å². The van der Waals surface area contributed by atoms with Crippen LogP contribution in [0.5, 0.6) is 0 Å². The zero-order chi connectivity index (χ0) is 20.4. The van der Waals surface area contributed by atoms with Crippen molar-refractivity contribution < 1.29 is 4.79 Å². The molecule has 154 valence electrons. The average molecular weight is 439 g/mol. The second-order valence-corrected chi connectivity index (χ2v) is 10.2. The maximum absolute atomic E-state index is 13.0. The standard InChI is InChI=1S/C23H23ClN4OS/c1-12-26-21(17-4-5-30-22(17)27-12)19-8-18(19)16-3-2-14(7-20(16)24)23(29)28-10-13-6-15(11-28)25-9-13/h2-5,7,13,15,18-19,25H,6,8-11H2,1H3/t13-,15-,18-,19+/m0/s1. The Hall–Kier alpha value is -2.02. The van der Waals surface area contributed by atoms with Gasteiger partial charge in [0, 0.05) is 47.6 Å². The van der Waals surface area contributed by atoms with Crippen LogP contribution in [0, 0.1) is 12.8 Å². The van der Waals surface area contributed by atoms with E-state index in [1.165, 1.54) is 6.42 Å². The van der Waals surface area contributed by atoms with Gasteiger partial charge < -0.3 is 10.2 Å². The summed E-state index contributed by atoms with van der Waals surface area (Å²) in [6.45, 7) is 4.62. The molecular formula is C23H23ClN4OS. The van der Waals surface area contributed by atoms with Crippen LogP contribution >= 0.6 is 22.9 Å². The van der Waals surface area contributed by atoms with Crippen LogP contribution in [0.3, 0.4) is 0 Å². The van der Waals surface area contributed by atoms with Crippen molar-refractivity contribution >= 4 is 39.1 Å². The number of nitrogens with one attached hydrogen (secondary N) is 1. The van der Waals surface area contributed by atoms with E-state index in [9.17, 15) is 4.79 Å². The molecule has 2 bridgehead atoms. The Balaban J connectivity index is 1.23. The van der Waals surface area contributed by atoms with Gasteiger partial charge in [-0.1, -0.05) is 17.7 Å². The minimum atomic E-state index is 0.0978. The van der Waals surface area contributed by atoms with Crippen LogP contribution in [0.25, 0.3) is 10.2 Å². The van der Waals surface area contributed by atoms with Gasteiger partial charge in [-0.2, -0.15) is 0 Å². The van der Waals surface area contributed by atoms with E-state index in [1.54, 1.807) is 11.3 Å². The molecule has 1 amide bonds. The van der Waals surface area contributed by atoms with Crippen LogP contribution in [-0.4, -0.2) is 46.5 Å². The molecule has 1 aromatic carbocycles. The summed E-state index contributed by atoms with van der Waals surface area (Å²) >= 11 is 8.35. The first-order chi connectivity index (χ1) is 14.6. The number of nitrogens with zero attached hydrogens (tertiary/aromatic N) is 3. The van der Waals surface area contributed by atoms with Crippen molar-refractivity contribution in [2.75, 3.05) is 19.6 Å². The van der Waals surface area contributed by atoms with Gasteiger partial charge in [0.25, 0.3) is 5.91 Å². The number of amides is 1. The van der Waals surface area contributed by atoms with Gasteiger partial charge >= 0.3 is 0 Å². The molecule has 1 saturated carbocycles. The van der Waals surface area contributed by atoms with Crippen molar-refractivity contribution in [3.8, 4) is 0 Å². The van der Waals surface area contributed by atoms with Gasteiger partial charge in [0.1, 0.15) is 10.7 Å².